The molecule has 0 bridgehead atoms. The van der Waals surface area contributed by atoms with E-state index in [0.717, 1.165) is 21.6 Å². The third-order valence-corrected chi connectivity index (χ3v) is 5.02. The van der Waals surface area contributed by atoms with Crippen LogP contribution in [0.3, 0.4) is 0 Å². The summed E-state index contributed by atoms with van der Waals surface area (Å²) in [7, 11) is 0. The number of benzene rings is 1. The van der Waals surface area contributed by atoms with Crippen molar-refractivity contribution in [1.29, 1.82) is 0 Å². The molecule has 0 unspecified atom stereocenters. The fraction of sp³-hybridized carbons (Fsp3) is 0.412. The number of nitrogens with zero attached hydrogens (tertiary/aromatic N) is 1. The lowest BCUT2D eigenvalue weighted by molar-refractivity contribution is 0.103. The molecule has 0 N–H and O–H groups in total. The van der Waals surface area contributed by atoms with Gasteiger partial charge in [-0.05, 0) is 54.4 Å². The molecule has 0 aliphatic carbocycles. The summed E-state index contributed by atoms with van der Waals surface area (Å²) < 4.78 is 4.23. The van der Waals surface area contributed by atoms with Crippen molar-refractivity contribution < 1.29 is 4.79 Å². The molecule has 0 saturated heterocycles. The summed E-state index contributed by atoms with van der Waals surface area (Å²) in [6, 6.07) is 3.95. The van der Waals surface area contributed by atoms with Crippen molar-refractivity contribution in [2.45, 2.75) is 47.0 Å². The number of hydrogen-bond acceptors (Lipinski definition) is 3. The number of hydrogen-bond donors (Lipinski definition) is 0. The normalized spacial score (nSPS) is 11.7. The molecule has 1 aromatic heterocycles. The van der Waals surface area contributed by atoms with E-state index in [-0.39, 0.29) is 11.2 Å². The van der Waals surface area contributed by atoms with E-state index in [0.29, 0.717) is 0 Å². The minimum Gasteiger partial charge on any atom is -0.288 e. The van der Waals surface area contributed by atoms with Crippen molar-refractivity contribution in [3.63, 3.8) is 0 Å². The van der Waals surface area contributed by atoms with Gasteiger partial charge in [0.1, 0.15) is 0 Å². The van der Waals surface area contributed by atoms with Crippen LogP contribution in [-0.2, 0) is 5.41 Å². The van der Waals surface area contributed by atoms with E-state index in [1.54, 1.807) is 6.20 Å². The van der Waals surface area contributed by atoms with E-state index in [9.17, 15) is 4.79 Å². The highest BCUT2D eigenvalue weighted by Gasteiger charge is 2.26. The molecule has 3 heteroatoms. The molecule has 0 fully saturated rings. The molecule has 1 heterocycles. The van der Waals surface area contributed by atoms with Crippen molar-refractivity contribution in [2.24, 2.45) is 0 Å². The molecule has 0 amide bonds. The summed E-state index contributed by atoms with van der Waals surface area (Å²) in [6.07, 6.45) is 1.71. The van der Waals surface area contributed by atoms with Crippen LogP contribution in [0.25, 0.3) is 0 Å². The van der Waals surface area contributed by atoms with Gasteiger partial charge in [-0.3, -0.25) is 4.79 Å². The van der Waals surface area contributed by atoms with Gasteiger partial charge >= 0.3 is 0 Å². The van der Waals surface area contributed by atoms with Crippen LogP contribution in [0.2, 0.25) is 0 Å². The maximum atomic E-state index is 12.8. The van der Waals surface area contributed by atoms with Crippen LogP contribution in [0.15, 0.2) is 18.3 Å². The molecule has 106 valence electrons. The van der Waals surface area contributed by atoms with E-state index >= 15 is 0 Å². The van der Waals surface area contributed by atoms with Gasteiger partial charge in [-0.25, -0.2) is 4.37 Å². The maximum absolute atomic E-state index is 12.8. The lowest BCUT2D eigenvalue weighted by Crippen LogP contribution is -2.15. The zero-order chi connectivity index (χ0) is 15.1. The Hall–Kier alpha value is -1.48. The summed E-state index contributed by atoms with van der Waals surface area (Å²) in [4.78, 5) is 13.9. The topological polar surface area (TPSA) is 30.0 Å². The third-order valence-electron chi connectivity index (χ3n) is 3.80. The third kappa shape index (κ3) is 2.55. The highest BCUT2D eigenvalue weighted by atomic mass is 32.1. The molecule has 0 aliphatic heterocycles. The lowest BCUT2D eigenvalue weighted by Gasteiger charge is -2.18. The Kier molecular flexibility index (Phi) is 3.83. The lowest BCUT2D eigenvalue weighted by atomic mass is 9.88. The van der Waals surface area contributed by atoms with Crippen LogP contribution in [0.4, 0.5) is 0 Å². The number of ketones is 1. The quantitative estimate of drug-likeness (QED) is 0.756. The monoisotopic (exact) mass is 287 g/mol. The van der Waals surface area contributed by atoms with E-state index in [1.807, 2.05) is 19.1 Å². The Labute approximate surface area is 125 Å². The minimum atomic E-state index is -0.0557. The zero-order valence-electron chi connectivity index (χ0n) is 13.0. The predicted octanol–water partition coefficient (Wildman–Crippen LogP) is 4.60. The summed E-state index contributed by atoms with van der Waals surface area (Å²) in [5.74, 6) is 0.0873. The second kappa shape index (κ2) is 5.13. The largest absolute Gasteiger partial charge is 0.288 e. The van der Waals surface area contributed by atoms with E-state index in [4.69, 9.17) is 0 Å². The first-order valence-electron chi connectivity index (χ1n) is 6.80. The van der Waals surface area contributed by atoms with Crippen molar-refractivity contribution in [2.75, 3.05) is 0 Å². The summed E-state index contributed by atoms with van der Waals surface area (Å²) in [6.45, 7) is 12.5. The van der Waals surface area contributed by atoms with Crippen molar-refractivity contribution in [1.82, 2.24) is 4.37 Å². The van der Waals surface area contributed by atoms with Crippen LogP contribution >= 0.6 is 11.5 Å². The number of rotatable bonds is 2. The van der Waals surface area contributed by atoms with Crippen LogP contribution < -0.4 is 0 Å². The Morgan fingerprint density at radius 1 is 1.05 bits per heavy atom. The fourth-order valence-corrected chi connectivity index (χ4v) is 3.07. The maximum Gasteiger partial charge on any atom is 0.196 e. The number of carbonyl (C=O) groups is 1. The van der Waals surface area contributed by atoms with Crippen molar-refractivity contribution >= 4 is 17.3 Å². The minimum absolute atomic E-state index is 0.0557. The molecule has 0 spiro atoms. The van der Waals surface area contributed by atoms with Gasteiger partial charge in [0.25, 0.3) is 0 Å². The molecular formula is C17H21NOS. The smallest absolute Gasteiger partial charge is 0.196 e. The van der Waals surface area contributed by atoms with E-state index < -0.39 is 0 Å². The van der Waals surface area contributed by atoms with Gasteiger partial charge in [-0.2, -0.15) is 0 Å². The first-order chi connectivity index (χ1) is 9.23. The van der Waals surface area contributed by atoms with Gasteiger partial charge in [0.2, 0.25) is 0 Å². The first-order valence-corrected chi connectivity index (χ1v) is 7.57. The number of carbonyl (C=O) groups excluding carboxylic acids is 1. The number of aromatic nitrogens is 1. The molecule has 2 rings (SSSR count). The summed E-state index contributed by atoms with van der Waals surface area (Å²) >= 11 is 1.42. The Morgan fingerprint density at radius 2 is 1.70 bits per heavy atom. The molecule has 0 radical (unpaired) electrons. The molecule has 1 aromatic carbocycles. The van der Waals surface area contributed by atoms with Crippen molar-refractivity contribution in [3.05, 3.63) is 51.0 Å². The molecule has 20 heavy (non-hydrogen) atoms. The van der Waals surface area contributed by atoms with Gasteiger partial charge in [-0.15, -0.1) is 0 Å². The second-order valence-electron chi connectivity index (χ2n) is 6.33. The summed E-state index contributed by atoms with van der Waals surface area (Å²) in [5, 5.41) is 0. The second-order valence-corrected chi connectivity index (χ2v) is 7.13. The van der Waals surface area contributed by atoms with Gasteiger partial charge in [0.05, 0.1) is 11.8 Å². The standard InChI is InChI=1S/C17H21NOS/c1-10-7-8-13(12(3)11(10)2)15(19)14-9-18-20-16(14)17(4,5)6/h7-9H,1-6H3. The highest BCUT2D eigenvalue weighted by Crippen LogP contribution is 2.31. The van der Waals surface area contributed by atoms with E-state index in [2.05, 4.69) is 39.0 Å². The molecular weight excluding hydrogens is 266 g/mol. The highest BCUT2D eigenvalue weighted by molar-refractivity contribution is 7.06. The average Bonchev–Trinajstić information content (AvgIpc) is 2.84. The van der Waals surface area contributed by atoms with Gasteiger partial charge in [0.15, 0.2) is 5.78 Å². The molecule has 2 aromatic rings. The SMILES string of the molecule is Cc1ccc(C(=O)c2cnsc2C(C)(C)C)c(C)c1C. The predicted molar refractivity (Wildman–Crippen MR) is 84.9 cm³/mol. The fourth-order valence-electron chi connectivity index (χ4n) is 2.29. The molecule has 0 atom stereocenters. The molecule has 2 nitrogen and oxygen atoms in total. The van der Waals surface area contributed by atoms with Crippen LogP contribution in [0, 0.1) is 20.8 Å². The first kappa shape index (κ1) is 14.9. The van der Waals surface area contributed by atoms with Gasteiger partial charge in [0, 0.05) is 10.4 Å². The van der Waals surface area contributed by atoms with E-state index in [1.165, 1.54) is 22.7 Å². The summed E-state index contributed by atoms with van der Waals surface area (Å²) in [5.41, 5.74) is 4.96. The Balaban J connectivity index is 2.54. The van der Waals surface area contributed by atoms with Gasteiger partial charge < -0.3 is 0 Å². The van der Waals surface area contributed by atoms with Crippen LogP contribution in [-0.4, -0.2) is 10.2 Å². The Morgan fingerprint density at radius 3 is 2.30 bits per heavy atom. The zero-order valence-corrected chi connectivity index (χ0v) is 13.8. The average molecular weight is 287 g/mol. The molecule has 0 aliphatic rings. The Bertz CT molecular complexity index is 662. The van der Waals surface area contributed by atoms with Gasteiger partial charge in [-0.1, -0.05) is 32.9 Å². The number of aryl methyl sites for hydroxylation is 1. The van der Waals surface area contributed by atoms with Crippen LogP contribution in [0.5, 0.6) is 0 Å². The van der Waals surface area contributed by atoms with Crippen LogP contribution in [0.1, 0.15) is 58.3 Å². The van der Waals surface area contributed by atoms with Crippen molar-refractivity contribution in [3.8, 4) is 0 Å². The molecule has 0 saturated carbocycles.